The average Bonchev–Trinajstić information content (AvgIpc) is 3.11. The Labute approximate surface area is 140 Å². The number of thiazole rings is 1. The number of carbonyl (C=O) groups is 1. The maximum atomic E-state index is 12.0. The molecule has 1 atom stereocenters. The van der Waals surface area contributed by atoms with E-state index in [2.05, 4.69) is 20.5 Å². The number of nitrogens with two attached hydrogens (primary N) is 1. The molecule has 0 radical (unpaired) electrons. The summed E-state index contributed by atoms with van der Waals surface area (Å²) in [4.78, 5) is 18.1. The molecule has 2 aromatic heterocycles. The van der Waals surface area contributed by atoms with Crippen molar-refractivity contribution in [2.45, 2.75) is 43.0 Å². The highest BCUT2D eigenvalue weighted by atomic mass is 32.2. The molecule has 1 aliphatic carbocycles. The van der Waals surface area contributed by atoms with E-state index in [0.717, 1.165) is 17.8 Å². The molecular weight excluding hydrogens is 338 g/mol. The topological polar surface area (TPSA) is 93.8 Å². The first-order valence-electron chi connectivity index (χ1n) is 7.11. The molecule has 0 aliphatic heterocycles. The molecule has 0 spiro atoms. The van der Waals surface area contributed by atoms with Crippen LogP contribution in [0, 0.1) is 0 Å². The van der Waals surface area contributed by atoms with Crippen LogP contribution in [0.4, 0.5) is 5.13 Å². The van der Waals surface area contributed by atoms with Gasteiger partial charge in [0.05, 0.1) is 17.5 Å². The molecular formula is C13H17N5OS3. The number of hydrogen-bond donors (Lipinski definition) is 2. The van der Waals surface area contributed by atoms with Gasteiger partial charge in [-0.05, 0) is 32.6 Å². The third kappa shape index (κ3) is 3.76. The summed E-state index contributed by atoms with van der Waals surface area (Å²) in [6, 6.07) is -0.0526. The van der Waals surface area contributed by atoms with E-state index >= 15 is 0 Å². The number of nitrogens with one attached hydrogen (secondary N) is 1. The molecule has 1 aliphatic rings. The second kappa shape index (κ2) is 6.93. The van der Waals surface area contributed by atoms with Crippen molar-refractivity contribution in [3.05, 3.63) is 15.6 Å². The Kier molecular flexibility index (Phi) is 4.94. The van der Waals surface area contributed by atoms with Crippen LogP contribution in [0.3, 0.4) is 0 Å². The second-order valence-corrected chi connectivity index (χ2v) is 8.46. The first-order chi connectivity index (χ1) is 10.6. The minimum atomic E-state index is -0.0526. The lowest BCUT2D eigenvalue weighted by atomic mass is 10.0. The van der Waals surface area contributed by atoms with Crippen molar-refractivity contribution in [2.75, 3.05) is 11.5 Å². The van der Waals surface area contributed by atoms with Gasteiger partial charge in [0, 0.05) is 4.88 Å². The number of nitrogens with zero attached hydrogens (tertiary/aromatic N) is 3. The molecule has 1 unspecified atom stereocenters. The zero-order valence-corrected chi connectivity index (χ0v) is 14.6. The summed E-state index contributed by atoms with van der Waals surface area (Å²) in [5.74, 6) is 0.281. The molecule has 0 fully saturated rings. The average molecular weight is 356 g/mol. The van der Waals surface area contributed by atoms with Crippen LogP contribution in [0.15, 0.2) is 4.34 Å². The lowest BCUT2D eigenvalue weighted by Gasteiger charge is -2.10. The van der Waals surface area contributed by atoms with E-state index in [4.69, 9.17) is 5.73 Å². The summed E-state index contributed by atoms with van der Waals surface area (Å²) in [5, 5.41) is 12.0. The zero-order chi connectivity index (χ0) is 15.5. The molecule has 9 heteroatoms. The van der Waals surface area contributed by atoms with Gasteiger partial charge in [0.15, 0.2) is 4.34 Å². The number of hydrogen-bond acceptors (Lipinski definition) is 8. The van der Waals surface area contributed by atoms with Crippen LogP contribution in [0.5, 0.6) is 0 Å². The van der Waals surface area contributed by atoms with Gasteiger partial charge in [-0.25, -0.2) is 4.98 Å². The molecule has 0 bridgehead atoms. The van der Waals surface area contributed by atoms with Crippen molar-refractivity contribution in [3.63, 3.8) is 0 Å². The molecule has 2 heterocycles. The van der Waals surface area contributed by atoms with Crippen molar-refractivity contribution in [1.82, 2.24) is 20.5 Å². The quantitative estimate of drug-likeness (QED) is 0.800. The maximum Gasteiger partial charge on any atom is 0.231 e. The number of thioether (sulfide) groups is 1. The van der Waals surface area contributed by atoms with Crippen molar-refractivity contribution in [1.29, 1.82) is 0 Å². The molecule has 2 aromatic rings. The predicted molar refractivity (Wildman–Crippen MR) is 90.4 cm³/mol. The number of nitrogen functional groups attached to an aromatic ring is 1. The highest BCUT2D eigenvalue weighted by molar-refractivity contribution is 8.01. The number of fused-ring (bicyclic) bond motifs is 1. The lowest BCUT2D eigenvalue weighted by Crippen LogP contribution is -2.28. The standard InChI is InChI=1S/C13H17N5OS3/c1-7(11-16-8-4-2-3-5-9(8)21-11)15-10(19)6-20-13-18-17-12(14)22-13/h7H,2-6H2,1H3,(H2,14,17)(H,15,19). The minimum Gasteiger partial charge on any atom is -0.374 e. The first-order valence-corrected chi connectivity index (χ1v) is 9.73. The summed E-state index contributed by atoms with van der Waals surface area (Å²) < 4.78 is 0.713. The van der Waals surface area contributed by atoms with E-state index in [1.807, 2.05) is 6.92 Å². The van der Waals surface area contributed by atoms with Gasteiger partial charge < -0.3 is 11.1 Å². The van der Waals surface area contributed by atoms with E-state index < -0.39 is 0 Å². The highest BCUT2D eigenvalue weighted by Crippen LogP contribution is 2.30. The van der Waals surface area contributed by atoms with Crippen molar-refractivity contribution in [2.24, 2.45) is 0 Å². The molecule has 1 amide bonds. The van der Waals surface area contributed by atoms with E-state index in [1.165, 1.54) is 46.5 Å². The summed E-state index contributed by atoms with van der Waals surface area (Å²) in [5.41, 5.74) is 6.74. The van der Waals surface area contributed by atoms with Gasteiger partial charge in [-0.1, -0.05) is 23.1 Å². The summed E-state index contributed by atoms with van der Waals surface area (Å²) in [7, 11) is 0. The van der Waals surface area contributed by atoms with Gasteiger partial charge in [0.2, 0.25) is 11.0 Å². The molecule has 0 saturated carbocycles. The van der Waals surface area contributed by atoms with Gasteiger partial charge in [-0.15, -0.1) is 21.5 Å². The fourth-order valence-corrected chi connectivity index (χ4v) is 4.91. The van der Waals surface area contributed by atoms with E-state index in [9.17, 15) is 4.79 Å². The third-order valence-electron chi connectivity index (χ3n) is 3.36. The van der Waals surface area contributed by atoms with Crippen molar-refractivity contribution in [3.8, 4) is 0 Å². The van der Waals surface area contributed by atoms with Crippen LogP contribution in [-0.4, -0.2) is 26.8 Å². The summed E-state index contributed by atoms with van der Waals surface area (Å²) in [6.45, 7) is 1.98. The van der Waals surface area contributed by atoms with Gasteiger partial charge in [-0.3, -0.25) is 4.79 Å². The van der Waals surface area contributed by atoms with Crippen LogP contribution in [0.25, 0.3) is 0 Å². The van der Waals surface area contributed by atoms with Crippen molar-refractivity contribution >= 4 is 45.5 Å². The smallest absolute Gasteiger partial charge is 0.231 e. The third-order valence-corrected chi connectivity index (χ3v) is 6.58. The summed E-state index contributed by atoms with van der Waals surface area (Å²) >= 11 is 4.37. The second-order valence-electron chi connectivity index (χ2n) is 5.11. The van der Waals surface area contributed by atoms with Crippen LogP contribution >= 0.6 is 34.4 Å². The largest absolute Gasteiger partial charge is 0.374 e. The molecule has 0 saturated heterocycles. The monoisotopic (exact) mass is 355 g/mol. The fraction of sp³-hybridized carbons (Fsp3) is 0.538. The fourth-order valence-electron chi connectivity index (χ4n) is 2.31. The SMILES string of the molecule is CC(NC(=O)CSc1nnc(N)s1)c1nc2c(s1)CCCC2. The maximum absolute atomic E-state index is 12.0. The Morgan fingerprint density at radius 1 is 1.36 bits per heavy atom. The Bertz CT molecular complexity index is 645. The van der Waals surface area contributed by atoms with E-state index in [-0.39, 0.29) is 11.9 Å². The minimum absolute atomic E-state index is 0.0283. The molecule has 0 aromatic carbocycles. The number of aromatic nitrogens is 3. The van der Waals surface area contributed by atoms with Gasteiger partial charge in [0.25, 0.3) is 0 Å². The van der Waals surface area contributed by atoms with Crippen LogP contribution < -0.4 is 11.1 Å². The molecule has 6 nitrogen and oxygen atoms in total. The Balaban J connectivity index is 1.53. The zero-order valence-electron chi connectivity index (χ0n) is 12.2. The Morgan fingerprint density at radius 2 is 2.18 bits per heavy atom. The first kappa shape index (κ1) is 15.7. The number of aryl methyl sites for hydroxylation is 2. The van der Waals surface area contributed by atoms with E-state index in [1.54, 1.807) is 11.3 Å². The number of carbonyl (C=O) groups excluding carboxylic acids is 1. The van der Waals surface area contributed by atoms with Crippen molar-refractivity contribution < 1.29 is 4.79 Å². The molecule has 3 N–H and O–H groups in total. The molecule has 118 valence electrons. The highest BCUT2D eigenvalue weighted by Gasteiger charge is 2.19. The van der Waals surface area contributed by atoms with Gasteiger partial charge >= 0.3 is 0 Å². The Hall–Kier alpha value is -1.19. The Morgan fingerprint density at radius 3 is 2.91 bits per heavy atom. The van der Waals surface area contributed by atoms with Gasteiger partial charge in [-0.2, -0.15) is 0 Å². The molecule has 3 rings (SSSR count). The number of rotatable bonds is 5. The number of amides is 1. The van der Waals surface area contributed by atoms with Crippen LogP contribution in [0.2, 0.25) is 0 Å². The normalized spacial score (nSPS) is 15.3. The lowest BCUT2D eigenvalue weighted by molar-refractivity contribution is -0.119. The van der Waals surface area contributed by atoms with Crippen LogP contribution in [0.1, 0.15) is 41.4 Å². The predicted octanol–water partition coefficient (Wildman–Crippen LogP) is 2.43. The van der Waals surface area contributed by atoms with Gasteiger partial charge in [0.1, 0.15) is 5.01 Å². The summed E-state index contributed by atoms with van der Waals surface area (Å²) in [6.07, 6.45) is 4.67. The molecule has 22 heavy (non-hydrogen) atoms. The van der Waals surface area contributed by atoms with Crippen LogP contribution in [-0.2, 0) is 17.6 Å². The number of anilines is 1. The van der Waals surface area contributed by atoms with E-state index in [0.29, 0.717) is 15.2 Å².